The van der Waals surface area contributed by atoms with Gasteiger partial charge in [-0.3, -0.25) is 14.6 Å². The van der Waals surface area contributed by atoms with Gasteiger partial charge in [-0.05, 0) is 18.3 Å². The molecule has 2 aromatic heterocycles. The van der Waals surface area contributed by atoms with Gasteiger partial charge < -0.3 is 14.2 Å². The lowest BCUT2D eigenvalue weighted by Crippen LogP contribution is -2.59. The number of aromatic nitrogens is 3. The van der Waals surface area contributed by atoms with E-state index >= 15 is 0 Å². The first-order valence-electron chi connectivity index (χ1n) is 11.8. The zero-order chi connectivity index (χ0) is 25.6. The molecule has 1 atom stereocenters. The lowest BCUT2D eigenvalue weighted by atomic mass is 9.72. The number of halogens is 2. The van der Waals surface area contributed by atoms with Crippen LogP contribution in [0.3, 0.4) is 0 Å². The molecule has 2 amide bonds. The van der Waals surface area contributed by atoms with Crippen molar-refractivity contribution in [2.75, 3.05) is 26.2 Å². The Hall–Kier alpha value is -3.21. The second-order valence-corrected chi connectivity index (χ2v) is 11.4. The summed E-state index contributed by atoms with van der Waals surface area (Å²) in [6.07, 6.45) is 5.13. The van der Waals surface area contributed by atoms with Crippen LogP contribution in [0.2, 0.25) is 0 Å². The van der Waals surface area contributed by atoms with Crippen molar-refractivity contribution in [3.8, 4) is 0 Å². The summed E-state index contributed by atoms with van der Waals surface area (Å²) in [5.74, 6) is -4.82. The van der Waals surface area contributed by atoms with Crippen LogP contribution < -0.4 is 0 Å². The van der Waals surface area contributed by atoms with Gasteiger partial charge in [0, 0.05) is 37.2 Å². The van der Waals surface area contributed by atoms with E-state index in [9.17, 15) is 18.4 Å². The summed E-state index contributed by atoms with van der Waals surface area (Å²) in [5.41, 5.74) is 1.57. The van der Waals surface area contributed by atoms with Gasteiger partial charge in [0.05, 0.1) is 17.6 Å². The molecule has 11 heteroatoms. The number of carbonyl (C=O) groups is 2. The fourth-order valence-corrected chi connectivity index (χ4v) is 5.21. The summed E-state index contributed by atoms with van der Waals surface area (Å²) in [6.45, 7) is 5.98. The van der Waals surface area contributed by atoms with E-state index in [0.29, 0.717) is 24.5 Å². The summed E-state index contributed by atoms with van der Waals surface area (Å²) >= 11 is 1.23. The Balaban J connectivity index is 0.000000477. The van der Waals surface area contributed by atoms with Crippen LogP contribution in [-0.4, -0.2) is 63.5 Å². The minimum atomic E-state index is -3.44. The fourth-order valence-electron chi connectivity index (χ4n) is 4.62. The average Bonchev–Trinajstić information content (AvgIpc) is 3.35. The maximum absolute atomic E-state index is 14.9. The van der Waals surface area contributed by atoms with Gasteiger partial charge in [-0.25, -0.2) is 0 Å². The highest BCUT2D eigenvalue weighted by molar-refractivity contribution is 7.11. The first kappa shape index (κ1) is 24.5. The summed E-state index contributed by atoms with van der Waals surface area (Å²) in [7, 11) is 0. The molecule has 0 radical (unpaired) electrons. The Bertz CT molecular complexity index is 1220. The number of thiazole rings is 1. The van der Waals surface area contributed by atoms with E-state index in [-0.39, 0.29) is 23.9 Å². The first-order valence-corrected chi connectivity index (χ1v) is 12.7. The highest BCUT2D eigenvalue weighted by atomic mass is 32.1. The van der Waals surface area contributed by atoms with Crippen molar-refractivity contribution in [1.29, 1.82) is 0 Å². The number of rotatable bonds is 5. The van der Waals surface area contributed by atoms with Gasteiger partial charge in [-0.15, -0.1) is 21.5 Å². The molecule has 2 aliphatic heterocycles. The average molecular weight is 516 g/mol. The molecule has 1 spiro atoms. The third kappa shape index (κ3) is 4.63. The van der Waals surface area contributed by atoms with E-state index < -0.39 is 23.1 Å². The van der Waals surface area contributed by atoms with Crippen molar-refractivity contribution in [2.24, 2.45) is 10.8 Å². The maximum Gasteiger partial charge on any atom is 0.349 e. The molecule has 3 fully saturated rings. The Morgan fingerprint density at radius 3 is 2.44 bits per heavy atom. The Labute approximate surface area is 211 Å². The molecule has 1 unspecified atom stereocenters. The molecule has 36 heavy (non-hydrogen) atoms. The topological polar surface area (TPSA) is 92.4 Å². The van der Waals surface area contributed by atoms with E-state index in [1.54, 1.807) is 21.4 Å². The van der Waals surface area contributed by atoms with Crippen molar-refractivity contribution >= 4 is 23.7 Å². The van der Waals surface area contributed by atoms with Crippen molar-refractivity contribution in [3.05, 3.63) is 64.3 Å². The second kappa shape index (κ2) is 9.02. The molecule has 0 bridgehead atoms. The number of hydrogen-bond donors (Lipinski definition) is 0. The quantitative estimate of drug-likeness (QED) is 0.474. The number of amides is 2. The SMILES string of the molecule is CC1(C)CC1.O=CN1CC2(C1)CN(C(=O)c1cncs1)CC2c1nnc(C(F)(F)c2ccccc2)o1. The molecule has 190 valence electrons. The summed E-state index contributed by atoms with van der Waals surface area (Å²) in [5, 5.41) is 7.55. The lowest BCUT2D eigenvalue weighted by molar-refractivity contribution is -0.129. The van der Waals surface area contributed by atoms with Crippen molar-refractivity contribution in [2.45, 2.75) is 38.5 Å². The molecule has 8 nitrogen and oxygen atoms in total. The van der Waals surface area contributed by atoms with Crippen molar-refractivity contribution in [3.63, 3.8) is 0 Å². The van der Waals surface area contributed by atoms with Gasteiger partial charge in [0.15, 0.2) is 0 Å². The van der Waals surface area contributed by atoms with Gasteiger partial charge >= 0.3 is 5.92 Å². The van der Waals surface area contributed by atoms with Gasteiger partial charge in [0.2, 0.25) is 12.3 Å². The van der Waals surface area contributed by atoms with Crippen LogP contribution in [0, 0.1) is 10.8 Å². The molecule has 3 aliphatic rings. The number of likely N-dealkylation sites (tertiary alicyclic amines) is 2. The monoisotopic (exact) mass is 515 g/mol. The molecule has 0 N–H and O–H groups in total. The summed E-state index contributed by atoms with van der Waals surface area (Å²) < 4.78 is 35.2. The highest BCUT2D eigenvalue weighted by Crippen LogP contribution is 2.49. The van der Waals surface area contributed by atoms with Crippen molar-refractivity contribution in [1.82, 2.24) is 25.0 Å². The van der Waals surface area contributed by atoms with Gasteiger partial charge in [0.25, 0.3) is 11.8 Å². The Morgan fingerprint density at radius 1 is 1.17 bits per heavy atom. The zero-order valence-electron chi connectivity index (χ0n) is 20.1. The van der Waals surface area contributed by atoms with Crippen LogP contribution in [-0.2, 0) is 10.7 Å². The van der Waals surface area contributed by atoms with Crippen LogP contribution in [0.15, 0.2) is 46.5 Å². The predicted molar refractivity (Wildman–Crippen MR) is 128 cm³/mol. The van der Waals surface area contributed by atoms with Crippen molar-refractivity contribution < 1.29 is 22.8 Å². The number of hydrogen-bond acceptors (Lipinski definition) is 7. The lowest BCUT2D eigenvalue weighted by Gasteiger charge is -2.48. The highest BCUT2D eigenvalue weighted by Gasteiger charge is 2.58. The molecular weight excluding hydrogens is 488 g/mol. The maximum atomic E-state index is 14.9. The van der Waals surface area contributed by atoms with E-state index in [2.05, 4.69) is 29.0 Å². The normalized spacial score (nSPS) is 21.5. The second-order valence-electron chi connectivity index (χ2n) is 10.5. The number of benzene rings is 1. The van der Waals surface area contributed by atoms with Gasteiger partial charge in [0.1, 0.15) is 4.88 Å². The number of carbonyl (C=O) groups excluding carboxylic acids is 2. The van der Waals surface area contributed by atoms with Crippen LogP contribution >= 0.6 is 11.3 Å². The zero-order valence-corrected chi connectivity index (χ0v) is 20.9. The van der Waals surface area contributed by atoms with Crippen LogP contribution in [0.4, 0.5) is 8.78 Å². The van der Waals surface area contributed by atoms with Crippen LogP contribution in [0.5, 0.6) is 0 Å². The minimum Gasteiger partial charge on any atom is -0.419 e. The third-order valence-corrected chi connectivity index (χ3v) is 7.92. The predicted octanol–water partition coefficient (Wildman–Crippen LogP) is 4.17. The van der Waals surface area contributed by atoms with E-state index in [1.165, 1.54) is 54.6 Å². The van der Waals surface area contributed by atoms with Crippen LogP contribution in [0.25, 0.3) is 0 Å². The molecular formula is C25H27F2N5O3S. The summed E-state index contributed by atoms with van der Waals surface area (Å²) in [6, 6.07) is 7.26. The standard InChI is InChI=1S/C20H17F2N5O3S.C5H10/c21-20(22,13-4-2-1-3-5-13)18-25-24-16(30-18)14-7-27(17(29)15-6-23-11-31-15)10-19(14)8-26(9-19)12-28;1-5(2)3-4-5/h1-6,11-12,14H,7-10H2;3-4H2,1-2H3. The number of nitrogens with zero attached hydrogens (tertiary/aromatic N) is 5. The smallest absolute Gasteiger partial charge is 0.349 e. The van der Waals surface area contributed by atoms with E-state index in [1.807, 2.05) is 0 Å². The molecule has 1 saturated carbocycles. The molecule has 2 saturated heterocycles. The van der Waals surface area contributed by atoms with Gasteiger partial charge in [-0.1, -0.05) is 44.2 Å². The van der Waals surface area contributed by atoms with E-state index in [4.69, 9.17) is 4.42 Å². The Kier molecular flexibility index (Phi) is 6.14. The first-order chi connectivity index (χ1) is 17.1. The van der Waals surface area contributed by atoms with E-state index in [0.717, 1.165) is 11.8 Å². The summed E-state index contributed by atoms with van der Waals surface area (Å²) in [4.78, 5) is 31.6. The van der Waals surface area contributed by atoms with Gasteiger partial charge in [-0.2, -0.15) is 8.78 Å². The largest absolute Gasteiger partial charge is 0.419 e. The van der Waals surface area contributed by atoms with Crippen LogP contribution in [0.1, 0.15) is 59.6 Å². The molecule has 1 aromatic carbocycles. The fraction of sp³-hybridized carbons (Fsp3) is 0.480. The Morgan fingerprint density at radius 2 is 1.86 bits per heavy atom. The number of alkyl halides is 2. The third-order valence-electron chi connectivity index (χ3n) is 7.16. The molecule has 4 heterocycles. The molecule has 3 aromatic rings. The molecule has 6 rings (SSSR count). The minimum absolute atomic E-state index is 0.0516. The molecule has 1 aliphatic carbocycles.